The topological polar surface area (TPSA) is 55.4 Å². The van der Waals surface area contributed by atoms with Gasteiger partial charge in [0.1, 0.15) is 11.6 Å². The number of hydrogen-bond donors (Lipinski definition) is 1. The first kappa shape index (κ1) is 16.4. The van der Waals surface area contributed by atoms with Crippen molar-refractivity contribution >= 4 is 29.0 Å². The third kappa shape index (κ3) is 2.73. The lowest BCUT2D eigenvalue weighted by atomic mass is 9.84. The number of hydrogen-bond acceptors (Lipinski definition) is 4. The van der Waals surface area contributed by atoms with E-state index < -0.39 is 29.3 Å². The van der Waals surface area contributed by atoms with Crippen LogP contribution in [0.2, 0.25) is 5.02 Å². The van der Waals surface area contributed by atoms with Crippen LogP contribution >= 0.6 is 11.6 Å². The van der Waals surface area contributed by atoms with Crippen molar-refractivity contribution in [3.8, 4) is 0 Å². The quantitative estimate of drug-likeness (QED) is 0.836. The van der Waals surface area contributed by atoms with Crippen molar-refractivity contribution in [1.82, 2.24) is 0 Å². The van der Waals surface area contributed by atoms with Gasteiger partial charge in [-0.1, -0.05) is 17.7 Å². The predicted octanol–water partition coefficient (Wildman–Crippen LogP) is 3.80. The molecule has 0 saturated carbocycles. The molecule has 0 spiro atoms. The van der Waals surface area contributed by atoms with Gasteiger partial charge in [-0.05, 0) is 24.3 Å². The predicted molar refractivity (Wildman–Crippen MR) is 84.7 cm³/mol. The van der Waals surface area contributed by atoms with Crippen LogP contribution in [0.3, 0.4) is 0 Å². The molecule has 0 amide bonds. The highest BCUT2D eigenvalue weighted by Gasteiger charge is 2.34. The fourth-order valence-electron chi connectivity index (χ4n) is 2.80. The monoisotopic (exact) mass is 351 g/mol. The summed E-state index contributed by atoms with van der Waals surface area (Å²) in [6.07, 6.45) is 0. The van der Waals surface area contributed by atoms with E-state index in [0.717, 1.165) is 25.3 Å². The van der Waals surface area contributed by atoms with Gasteiger partial charge >= 0.3 is 5.97 Å². The molecule has 0 aliphatic carbocycles. The molecule has 0 bridgehead atoms. The summed E-state index contributed by atoms with van der Waals surface area (Å²) in [4.78, 5) is 24.7. The molecule has 2 aromatic carbocycles. The first-order chi connectivity index (χ1) is 11.4. The first-order valence-electron chi connectivity index (χ1n) is 7.07. The van der Waals surface area contributed by atoms with Gasteiger partial charge in [0.25, 0.3) is 0 Å². The lowest BCUT2D eigenvalue weighted by Crippen LogP contribution is -2.30. The molecule has 0 radical (unpaired) electrons. The summed E-state index contributed by atoms with van der Waals surface area (Å²) in [5.41, 5.74) is 0.145. The number of carbonyl (C=O) groups is 2. The molecule has 124 valence electrons. The molecule has 2 aromatic rings. The minimum atomic E-state index is -0.858. The van der Waals surface area contributed by atoms with Gasteiger partial charge in [-0.3, -0.25) is 4.79 Å². The van der Waals surface area contributed by atoms with Gasteiger partial charge in [-0.25, -0.2) is 13.6 Å². The molecule has 3 rings (SSSR count). The summed E-state index contributed by atoms with van der Waals surface area (Å²) in [5.74, 6) is -3.47. The van der Waals surface area contributed by atoms with Crippen LogP contribution in [0, 0.1) is 11.6 Å². The zero-order valence-corrected chi connectivity index (χ0v) is 13.3. The van der Waals surface area contributed by atoms with Crippen molar-refractivity contribution in [2.75, 3.05) is 19.0 Å². The van der Waals surface area contributed by atoms with Crippen LogP contribution in [0.5, 0.6) is 0 Å². The van der Waals surface area contributed by atoms with Crippen LogP contribution in [0.4, 0.5) is 14.5 Å². The second kappa shape index (κ2) is 6.20. The minimum Gasteiger partial charge on any atom is -0.465 e. The van der Waals surface area contributed by atoms with Gasteiger partial charge in [0.15, 0.2) is 5.78 Å². The zero-order chi connectivity index (χ0) is 17.4. The highest BCUT2D eigenvalue weighted by atomic mass is 35.5. The highest BCUT2D eigenvalue weighted by Crippen LogP contribution is 2.35. The number of ketones is 1. The average molecular weight is 352 g/mol. The molecule has 0 fully saturated rings. The number of anilines is 1. The van der Waals surface area contributed by atoms with Crippen molar-refractivity contribution in [3.63, 3.8) is 0 Å². The summed E-state index contributed by atoms with van der Waals surface area (Å²) in [6.45, 7) is 0.0778. The smallest absolute Gasteiger partial charge is 0.338 e. The van der Waals surface area contributed by atoms with Crippen molar-refractivity contribution in [3.05, 3.63) is 63.7 Å². The van der Waals surface area contributed by atoms with Crippen LogP contribution in [-0.2, 0) is 4.74 Å². The summed E-state index contributed by atoms with van der Waals surface area (Å²) >= 11 is 5.73. The molecule has 4 nitrogen and oxygen atoms in total. The van der Waals surface area contributed by atoms with E-state index >= 15 is 0 Å². The van der Waals surface area contributed by atoms with Gasteiger partial charge in [0.05, 0.1) is 24.2 Å². The van der Waals surface area contributed by atoms with E-state index in [1.807, 2.05) is 0 Å². The van der Waals surface area contributed by atoms with Crippen molar-refractivity contribution < 1.29 is 23.1 Å². The number of carbonyl (C=O) groups excluding carboxylic acids is 2. The fourth-order valence-corrected chi connectivity index (χ4v) is 2.96. The number of Topliss-reactive ketones (excluding diaryl/α,β-unsaturated/α-hetero) is 1. The number of benzene rings is 2. The first-order valence-corrected chi connectivity index (χ1v) is 7.45. The lowest BCUT2D eigenvalue weighted by Gasteiger charge is -2.27. The molecule has 1 unspecified atom stereocenters. The fraction of sp³-hybridized carbons (Fsp3) is 0.176. The molecular formula is C17H12ClF2NO3. The number of halogens is 3. The third-order valence-corrected chi connectivity index (χ3v) is 4.14. The number of nitrogens with one attached hydrogen (secondary N) is 1. The van der Waals surface area contributed by atoms with Gasteiger partial charge < -0.3 is 10.1 Å². The standard InChI is InChI=1S/C17H12ClF2NO3/c1-24-17(23)11-5-9(19)6-14-15(11)16(22)12(7-21-14)10-3-2-8(18)4-13(10)20/h2-6,12,21H,7H2,1H3. The number of rotatable bonds is 2. The Bertz CT molecular complexity index is 854. The molecule has 1 aliphatic heterocycles. The number of ether oxygens (including phenoxy) is 1. The van der Waals surface area contributed by atoms with Crippen LogP contribution in [-0.4, -0.2) is 25.4 Å². The molecule has 1 N–H and O–H groups in total. The lowest BCUT2D eigenvalue weighted by molar-refractivity contribution is 0.0596. The Morgan fingerprint density at radius 1 is 1.29 bits per heavy atom. The maximum atomic E-state index is 14.2. The normalized spacial score (nSPS) is 16.3. The van der Waals surface area contributed by atoms with E-state index in [0.29, 0.717) is 0 Å². The molecule has 0 aromatic heterocycles. The maximum Gasteiger partial charge on any atom is 0.338 e. The largest absolute Gasteiger partial charge is 0.465 e. The van der Waals surface area contributed by atoms with Crippen molar-refractivity contribution in [2.24, 2.45) is 0 Å². The van der Waals surface area contributed by atoms with E-state index in [4.69, 9.17) is 11.6 Å². The van der Waals surface area contributed by atoms with Crippen LogP contribution in [0.25, 0.3) is 0 Å². The van der Waals surface area contributed by atoms with Gasteiger partial charge in [-0.2, -0.15) is 0 Å². The highest BCUT2D eigenvalue weighted by molar-refractivity contribution is 6.30. The Balaban J connectivity index is 2.11. The Labute approximate surface area is 141 Å². The summed E-state index contributed by atoms with van der Waals surface area (Å²) in [5, 5.41) is 3.09. The number of methoxy groups -OCH3 is 1. The Morgan fingerprint density at radius 3 is 2.71 bits per heavy atom. The molecular weight excluding hydrogens is 340 g/mol. The minimum absolute atomic E-state index is 0.00569. The summed E-state index contributed by atoms with van der Waals surface area (Å²) in [7, 11) is 1.14. The second-order valence-corrected chi connectivity index (χ2v) is 5.77. The second-order valence-electron chi connectivity index (χ2n) is 5.33. The Morgan fingerprint density at radius 2 is 2.04 bits per heavy atom. The Hall–Kier alpha value is -2.47. The average Bonchev–Trinajstić information content (AvgIpc) is 2.54. The SMILES string of the molecule is COC(=O)c1cc(F)cc2c1C(=O)C(c1ccc(Cl)cc1F)CN2. The third-order valence-electron chi connectivity index (χ3n) is 3.91. The van der Waals surface area contributed by atoms with Gasteiger partial charge in [0.2, 0.25) is 0 Å². The summed E-state index contributed by atoms with van der Waals surface area (Å²) < 4.78 is 32.4. The van der Waals surface area contributed by atoms with Crippen LogP contribution in [0.15, 0.2) is 30.3 Å². The molecule has 1 aliphatic rings. The van der Waals surface area contributed by atoms with Crippen molar-refractivity contribution in [2.45, 2.75) is 5.92 Å². The number of esters is 1. The Kier molecular flexibility index (Phi) is 4.24. The van der Waals surface area contributed by atoms with E-state index in [1.165, 1.54) is 12.1 Å². The molecule has 24 heavy (non-hydrogen) atoms. The van der Waals surface area contributed by atoms with E-state index in [1.54, 1.807) is 0 Å². The van der Waals surface area contributed by atoms with Gasteiger partial charge in [-0.15, -0.1) is 0 Å². The maximum absolute atomic E-state index is 14.2. The van der Waals surface area contributed by atoms with Gasteiger partial charge in [0, 0.05) is 22.8 Å². The van der Waals surface area contributed by atoms with Crippen LogP contribution in [0.1, 0.15) is 32.2 Å². The van der Waals surface area contributed by atoms with Crippen LogP contribution < -0.4 is 5.32 Å². The zero-order valence-electron chi connectivity index (χ0n) is 12.5. The molecule has 0 saturated heterocycles. The molecule has 7 heteroatoms. The van der Waals surface area contributed by atoms with E-state index in [2.05, 4.69) is 10.1 Å². The summed E-state index contributed by atoms with van der Waals surface area (Å²) in [6, 6.07) is 6.08. The van der Waals surface area contributed by atoms with E-state index in [9.17, 15) is 18.4 Å². The number of fused-ring (bicyclic) bond motifs is 1. The van der Waals surface area contributed by atoms with E-state index in [-0.39, 0.29) is 33.9 Å². The van der Waals surface area contributed by atoms with Crippen molar-refractivity contribution in [1.29, 1.82) is 0 Å². The molecule has 1 atom stereocenters. The molecule has 1 heterocycles.